The van der Waals surface area contributed by atoms with Gasteiger partial charge in [0.1, 0.15) is 17.7 Å². The summed E-state index contributed by atoms with van der Waals surface area (Å²) < 4.78 is 19.3. The van der Waals surface area contributed by atoms with Crippen LogP contribution in [0.2, 0.25) is 0 Å². The minimum absolute atomic E-state index is 0.0843. The van der Waals surface area contributed by atoms with E-state index in [2.05, 4.69) is 17.9 Å². The molecule has 4 rings (SSSR count). The number of hydrogen-bond donors (Lipinski definition) is 0. The molecule has 2 amide bonds. The number of anilines is 1. The van der Waals surface area contributed by atoms with Crippen molar-refractivity contribution in [3.8, 4) is 5.75 Å². The van der Waals surface area contributed by atoms with Crippen molar-refractivity contribution in [3.05, 3.63) is 59.9 Å². The molecular weight excluding hydrogens is 409 g/mol. The molecule has 2 heterocycles. The molecule has 2 aromatic rings. The number of carbonyl (C=O) groups excluding carboxylic acids is 2. The summed E-state index contributed by atoms with van der Waals surface area (Å²) in [6.45, 7) is 5.33. The molecule has 0 N–H and O–H groups in total. The lowest BCUT2D eigenvalue weighted by Crippen LogP contribution is -2.49. The molecule has 0 radical (unpaired) electrons. The summed E-state index contributed by atoms with van der Waals surface area (Å²) in [7, 11) is 1.83. The van der Waals surface area contributed by atoms with Gasteiger partial charge in [-0.05, 0) is 56.2 Å². The highest BCUT2D eigenvalue weighted by Crippen LogP contribution is 2.33. The predicted octanol–water partition coefficient (Wildman–Crippen LogP) is 3.42. The van der Waals surface area contributed by atoms with Gasteiger partial charge < -0.3 is 19.4 Å². The predicted molar refractivity (Wildman–Crippen MR) is 121 cm³/mol. The maximum atomic E-state index is 13.1. The van der Waals surface area contributed by atoms with Gasteiger partial charge in [-0.3, -0.25) is 9.59 Å². The van der Waals surface area contributed by atoms with Gasteiger partial charge in [0, 0.05) is 38.2 Å². The molecule has 0 aliphatic carbocycles. The third-order valence-corrected chi connectivity index (χ3v) is 6.38. The zero-order valence-corrected chi connectivity index (χ0v) is 18.7. The van der Waals surface area contributed by atoms with E-state index in [1.165, 1.54) is 24.3 Å². The largest absolute Gasteiger partial charge is 0.485 e. The Morgan fingerprint density at radius 1 is 1.09 bits per heavy atom. The fourth-order valence-corrected chi connectivity index (χ4v) is 4.59. The Kier molecular flexibility index (Phi) is 6.63. The second-order valence-corrected chi connectivity index (χ2v) is 8.54. The summed E-state index contributed by atoms with van der Waals surface area (Å²) in [4.78, 5) is 31.5. The molecule has 7 heteroatoms. The fourth-order valence-electron chi connectivity index (χ4n) is 4.59. The lowest BCUT2D eigenvalue weighted by Gasteiger charge is -2.38. The Morgan fingerprint density at radius 3 is 2.47 bits per heavy atom. The average molecular weight is 440 g/mol. The van der Waals surface area contributed by atoms with Crippen molar-refractivity contribution in [2.45, 2.75) is 25.9 Å². The van der Waals surface area contributed by atoms with Crippen molar-refractivity contribution < 1.29 is 18.7 Å². The molecule has 0 saturated carbocycles. The molecule has 0 aromatic heterocycles. The third kappa shape index (κ3) is 4.71. The van der Waals surface area contributed by atoms with Gasteiger partial charge in [-0.1, -0.05) is 12.1 Å². The van der Waals surface area contributed by atoms with E-state index in [1.54, 1.807) is 9.80 Å². The number of para-hydroxylation sites is 2. The van der Waals surface area contributed by atoms with Gasteiger partial charge in [0.2, 0.25) is 5.91 Å². The maximum Gasteiger partial charge on any atom is 0.253 e. The first-order valence-corrected chi connectivity index (χ1v) is 11.3. The van der Waals surface area contributed by atoms with Gasteiger partial charge in [0.25, 0.3) is 5.91 Å². The highest BCUT2D eigenvalue weighted by molar-refractivity contribution is 5.94. The Balaban J connectivity index is 1.30. The van der Waals surface area contributed by atoms with Crippen LogP contribution in [-0.2, 0) is 4.79 Å². The van der Waals surface area contributed by atoms with E-state index in [-0.39, 0.29) is 29.7 Å². The summed E-state index contributed by atoms with van der Waals surface area (Å²) >= 11 is 0. The molecule has 2 aliphatic heterocycles. The monoisotopic (exact) mass is 439 g/mol. The van der Waals surface area contributed by atoms with E-state index in [1.807, 2.05) is 25.2 Å². The van der Waals surface area contributed by atoms with Gasteiger partial charge in [-0.2, -0.15) is 0 Å². The van der Waals surface area contributed by atoms with Crippen LogP contribution < -0.4 is 9.64 Å². The molecular formula is C25H30FN3O3. The fraction of sp³-hybridized carbons (Fsp3) is 0.440. The Bertz CT molecular complexity index is 957. The maximum absolute atomic E-state index is 13.1. The zero-order valence-electron chi connectivity index (χ0n) is 18.7. The average Bonchev–Trinajstić information content (AvgIpc) is 2.83. The smallest absolute Gasteiger partial charge is 0.253 e. The number of likely N-dealkylation sites (N-methyl/N-ethyl adjacent to an activating group) is 2. The van der Waals surface area contributed by atoms with Crippen molar-refractivity contribution in [2.24, 2.45) is 5.92 Å². The third-order valence-electron chi connectivity index (χ3n) is 6.38. The van der Waals surface area contributed by atoms with Crippen LogP contribution in [0, 0.1) is 11.7 Å². The summed E-state index contributed by atoms with van der Waals surface area (Å²) in [5.41, 5.74) is 1.57. The number of piperidine rings is 1. The molecule has 1 unspecified atom stereocenters. The number of halogens is 1. The minimum atomic E-state index is -0.360. The number of nitrogens with zero attached hydrogens (tertiary/aromatic N) is 3. The second-order valence-electron chi connectivity index (χ2n) is 8.54. The van der Waals surface area contributed by atoms with E-state index < -0.39 is 0 Å². The molecule has 170 valence electrons. The van der Waals surface area contributed by atoms with Gasteiger partial charge in [-0.25, -0.2) is 4.39 Å². The van der Waals surface area contributed by atoms with Crippen LogP contribution >= 0.6 is 0 Å². The van der Waals surface area contributed by atoms with Crippen molar-refractivity contribution >= 4 is 17.5 Å². The van der Waals surface area contributed by atoms with Crippen LogP contribution in [0.1, 0.15) is 30.1 Å². The lowest BCUT2D eigenvalue weighted by molar-refractivity contribution is -0.136. The normalized spacial score (nSPS) is 18.7. The second kappa shape index (κ2) is 9.59. The standard InChI is InChI=1S/C25H30FN3O3/c1-3-28-17-21(32-23-7-5-4-6-22(23)28)16-27(2)24(30)19-12-14-29(15-13-19)25(31)18-8-10-20(26)11-9-18/h4-11,19,21H,3,12-17H2,1-2H3. The molecule has 0 bridgehead atoms. The quantitative estimate of drug-likeness (QED) is 0.717. The highest BCUT2D eigenvalue weighted by Gasteiger charge is 2.32. The molecule has 1 atom stereocenters. The van der Waals surface area contributed by atoms with Crippen LogP contribution in [0.25, 0.3) is 0 Å². The molecule has 6 nitrogen and oxygen atoms in total. The van der Waals surface area contributed by atoms with Crippen LogP contribution in [-0.4, -0.2) is 67.5 Å². The van der Waals surface area contributed by atoms with E-state index >= 15 is 0 Å². The number of amides is 2. The number of fused-ring (bicyclic) bond motifs is 1. The number of likely N-dealkylation sites (tertiary alicyclic amines) is 1. The van der Waals surface area contributed by atoms with Crippen LogP contribution in [0.15, 0.2) is 48.5 Å². The van der Waals surface area contributed by atoms with Crippen molar-refractivity contribution in [1.29, 1.82) is 0 Å². The molecule has 1 fully saturated rings. The molecule has 0 spiro atoms. The summed E-state index contributed by atoms with van der Waals surface area (Å²) in [6.07, 6.45) is 1.18. The van der Waals surface area contributed by atoms with Gasteiger partial charge in [0.15, 0.2) is 0 Å². The summed E-state index contributed by atoms with van der Waals surface area (Å²) in [6, 6.07) is 13.6. The Hall–Kier alpha value is -3.09. The zero-order chi connectivity index (χ0) is 22.7. The van der Waals surface area contributed by atoms with Crippen molar-refractivity contribution in [3.63, 3.8) is 0 Å². The Labute approximate surface area is 188 Å². The van der Waals surface area contributed by atoms with Crippen LogP contribution in [0.5, 0.6) is 5.75 Å². The number of rotatable bonds is 5. The number of benzene rings is 2. The summed E-state index contributed by atoms with van der Waals surface area (Å²) in [5.74, 6) is 0.387. The van der Waals surface area contributed by atoms with Crippen molar-refractivity contribution in [1.82, 2.24) is 9.80 Å². The first kappa shape index (κ1) is 22.1. The van der Waals surface area contributed by atoms with E-state index in [0.29, 0.717) is 38.0 Å². The number of carbonyl (C=O) groups is 2. The van der Waals surface area contributed by atoms with E-state index in [0.717, 1.165) is 24.5 Å². The Morgan fingerprint density at radius 2 is 1.78 bits per heavy atom. The van der Waals surface area contributed by atoms with Gasteiger partial charge >= 0.3 is 0 Å². The minimum Gasteiger partial charge on any atom is -0.485 e. The van der Waals surface area contributed by atoms with Gasteiger partial charge in [0.05, 0.1) is 18.8 Å². The van der Waals surface area contributed by atoms with E-state index in [9.17, 15) is 14.0 Å². The lowest BCUT2D eigenvalue weighted by atomic mass is 9.94. The van der Waals surface area contributed by atoms with Crippen molar-refractivity contribution in [2.75, 3.05) is 44.7 Å². The molecule has 32 heavy (non-hydrogen) atoms. The summed E-state index contributed by atoms with van der Waals surface area (Å²) in [5, 5.41) is 0. The van der Waals surface area contributed by atoms with E-state index in [4.69, 9.17) is 4.74 Å². The van der Waals surface area contributed by atoms with Crippen LogP contribution in [0.4, 0.5) is 10.1 Å². The molecule has 2 aromatic carbocycles. The SMILES string of the molecule is CCN1CC(CN(C)C(=O)C2CCN(C(=O)c3ccc(F)cc3)CC2)Oc2ccccc21. The number of hydrogen-bond acceptors (Lipinski definition) is 4. The number of ether oxygens (including phenoxy) is 1. The highest BCUT2D eigenvalue weighted by atomic mass is 19.1. The molecule has 2 aliphatic rings. The van der Waals surface area contributed by atoms with Gasteiger partial charge in [-0.15, -0.1) is 0 Å². The first-order valence-electron chi connectivity index (χ1n) is 11.3. The topological polar surface area (TPSA) is 53.1 Å². The van der Waals surface area contributed by atoms with Crippen LogP contribution in [0.3, 0.4) is 0 Å². The first-order chi connectivity index (χ1) is 15.5. The molecule has 1 saturated heterocycles.